The molecule has 0 aliphatic rings. The smallest absolute Gasteiger partial charge is 0.456 e. The lowest BCUT2D eigenvalue weighted by Crippen LogP contribution is -2.47. The van der Waals surface area contributed by atoms with Gasteiger partial charge in [0, 0.05) is 12.8 Å². The van der Waals surface area contributed by atoms with Gasteiger partial charge in [-0.2, -0.15) is 0 Å². The lowest BCUT2D eigenvalue weighted by atomic mass is 10.0. The van der Waals surface area contributed by atoms with E-state index < -0.39 is 20.0 Å². The van der Waals surface area contributed by atoms with E-state index in [9.17, 15) is 19.0 Å². The number of likely N-dealkylation sites (N-methyl/N-ethyl adjacent to an activating group) is 1. The first-order valence-corrected chi connectivity index (χ1v) is 33.9. The van der Waals surface area contributed by atoms with Crippen LogP contribution in [0.4, 0.5) is 0 Å². The summed E-state index contributed by atoms with van der Waals surface area (Å²) in [6.45, 7) is 6.83. The first-order chi connectivity index (χ1) is 38.9. The third kappa shape index (κ3) is 59.0. The Morgan fingerprint density at radius 1 is 0.450 bits per heavy atom. The fourth-order valence-electron chi connectivity index (χ4n) is 8.66. The first-order valence-electron chi connectivity index (χ1n) is 32.4. The number of amides is 1. The van der Waals surface area contributed by atoms with E-state index in [2.05, 4.69) is 135 Å². The van der Waals surface area contributed by atoms with Gasteiger partial charge in [0.25, 0.3) is 0 Å². The van der Waals surface area contributed by atoms with Gasteiger partial charge in [-0.3, -0.25) is 18.6 Å². The highest BCUT2D eigenvalue weighted by atomic mass is 31.2. The van der Waals surface area contributed by atoms with Gasteiger partial charge in [0.2, 0.25) is 5.91 Å². The summed E-state index contributed by atoms with van der Waals surface area (Å²) in [6, 6.07) is -0.876. The van der Waals surface area contributed by atoms with Crippen molar-refractivity contribution >= 4 is 19.7 Å². The first kappa shape index (κ1) is 76.4. The third-order valence-corrected chi connectivity index (χ3v) is 14.6. The van der Waals surface area contributed by atoms with Gasteiger partial charge in [0.15, 0.2) is 0 Å². The number of carbonyl (C=O) groups is 2. The standard InChI is InChI=1S/C70H121N2O7P/c1-7-10-13-16-19-22-25-28-30-32-34-36-38-40-42-44-47-50-53-56-59-62-69(73)71-67(66-78-80(75,76)77-65-64-72(4,5)6)68(61-58-55-52-49-46-27-24-21-18-15-12-9-3)79-70(74)63-60-57-54-51-48-45-43-41-39-37-35-33-31-29-26-23-20-17-14-11-8-2/h11,14,19-20,22-23,28-31,34-37,40-43,58,61,67-68H,7-10,12-13,15-18,21,24-27,32-33,38-39,44-57,59-60,62-66H2,1-6H3,(H-,71,73,75,76)/p+1/b14-11-,22-19-,23-20-,30-28-,31-29-,36-34-,37-35-,42-40-,43-41-,61-58+. The van der Waals surface area contributed by atoms with E-state index in [1.165, 1.54) is 77.0 Å². The lowest BCUT2D eigenvalue weighted by Gasteiger charge is -2.27. The van der Waals surface area contributed by atoms with Gasteiger partial charge in [-0.25, -0.2) is 4.57 Å². The Balaban J connectivity index is 5.30. The molecule has 0 aliphatic heterocycles. The maximum atomic E-state index is 13.6. The molecule has 0 bridgehead atoms. The van der Waals surface area contributed by atoms with E-state index in [0.29, 0.717) is 23.9 Å². The van der Waals surface area contributed by atoms with Crippen LogP contribution in [0.1, 0.15) is 258 Å². The van der Waals surface area contributed by atoms with Gasteiger partial charge in [-0.1, -0.05) is 245 Å². The molecule has 0 rings (SSSR count). The number of quaternary nitrogens is 1. The molecule has 0 radical (unpaired) electrons. The molecule has 0 aliphatic carbocycles. The number of phosphoric ester groups is 1. The van der Waals surface area contributed by atoms with Gasteiger partial charge in [0.05, 0.1) is 33.8 Å². The Hall–Kier alpha value is -3.59. The molecular formula is C70H122N2O7P+. The van der Waals surface area contributed by atoms with E-state index in [1.807, 2.05) is 33.3 Å². The predicted octanol–water partition coefficient (Wildman–Crippen LogP) is 20.3. The molecule has 3 unspecified atom stereocenters. The lowest BCUT2D eigenvalue weighted by molar-refractivity contribution is -0.870. The molecule has 0 fully saturated rings. The molecule has 80 heavy (non-hydrogen) atoms. The van der Waals surface area contributed by atoms with Crippen molar-refractivity contribution in [3.8, 4) is 0 Å². The Kier molecular flexibility index (Phi) is 56.0. The van der Waals surface area contributed by atoms with Crippen LogP contribution in [0.25, 0.3) is 0 Å². The quantitative estimate of drug-likeness (QED) is 0.0205. The zero-order valence-electron chi connectivity index (χ0n) is 52.3. The molecule has 0 aromatic rings. The second-order valence-corrected chi connectivity index (χ2v) is 24.0. The molecule has 3 atom stereocenters. The zero-order chi connectivity index (χ0) is 58.6. The van der Waals surface area contributed by atoms with Gasteiger partial charge >= 0.3 is 13.8 Å². The van der Waals surface area contributed by atoms with Crippen molar-refractivity contribution in [1.82, 2.24) is 5.32 Å². The number of unbranched alkanes of at least 4 members (excludes halogenated alkanes) is 23. The molecule has 0 spiro atoms. The molecular weight excluding hydrogens is 1010 g/mol. The van der Waals surface area contributed by atoms with Crippen molar-refractivity contribution in [2.24, 2.45) is 0 Å². The molecule has 0 heterocycles. The van der Waals surface area contributed by atoms with Crippen LogP contribution in [0.2, 0.25) is 0 Å². The summed E-state index contributed by atoms with van der Waals surface area (Å²) in [5.74, 6) is -0.554. The van der Waals surface area contributed by atoms with Crippen LogP contribution in [0.3, 0.4) is 0 Å². The van der Waals surface area contributed by atoms with Crippen molar-refractivity contribution in [3.63, 3.8) is 0 Å². The van der Waals surface area contributed by atoms with Crippen LogP contribution in [-0.2, 0) is 27.9 Å². The van der Waals surface area contributed by atoms with Gasteiger partial charge in [-0.15, -0.1) is 0 Å². The molecule has 0 aromatic carbocycles. The van der Waals surface area contributed by atoms with Crippen LogP contribution < -0.4 is 5.32 Å². The molecule has 10 heteroatoms. The Labute approximate surface area is 493 Å². The molecule has 9 nitrogen and oxygen atoms in total. The number of allylic oxidation sites excluding steroid dienone is 19. The van der Waals surface area contributed by atoms with Crippen LogP contribution >= 0.6 is 7.82 Å². The molecule has 1 amide bonds. The van der Waals surface area contributed by atoms with Crippen molar-refractivity contribution in [2.45, 2.75) is 270 Å². The van der Waals surface area contributed by atoms with Crippen LogP contribution in [0.5, 0.6) is 0 Å². The minimum atomic E-state index is -4.47. The summed E-state index contributed by atoms with van der Waals surface area (Å²) < 4.78 is 30.7. The number of esters is 1. The van der Waals surface area contributed by atoms with Crippen molar-refractivity contribution in [2.75, 3.05) is 40.9 Å². The SMILES string of the molecule is CC/C=C\C/C=C\C/C=C\C/C=C\C/C=C\CCCCCCCC(=O)OC(/C=C/CCCCCCCCCCCC)C(COP(=O)(O)OCC[N+](C)(C)C)NC(=O)CCCCCCC/C=C\C/C=C\C/C=C\C/C=C\CCCCC. The number of hydrogen-bond donors (Lipinski definition) is 2. The second kappa shape index (κ2) is 58.6. The maximum Gasteiger partial charge on any atom is 0.472 e. The minimum Gasteiger partial charge on any atom is -0.456 e. The summed E-state index contributed by atoms with van der Waals surface area (Å²) in [5, 5.41) is 3.04. The highest BCUT2D eigenvalue weighted by molar-refractivity contribution is 7.47. The largest absolute Gasteiger partial charge is 0.472 e. The number of nitrogens with zero attached hydrogens (tertiary/aromatic N) is 1. The van der Waals surface area contributed by atoms with E-state index in [4.69, 9.17) is 13.8 Å². The van der Waals surface area contributed by atoms with Crippen LogP contribution in [0, 0.1) is 0 Å². The number of carbonyl (C=O) groups excluding carboxylic acids is 2. The maximum absolute atomic E-state index is 13.6. The van der Waals surface area contributed by atoms with E-state index in [-0.39, 0.29) is 31.5 Å². The Morgan fingerprint density at radius 2 is 0.800 bits per heavy atom. The second-order valence-electron chi connectivity index (χ2n) is 22.5. The van der Waals surface area contributed by atoms with Gasteiger partial charge in [-0.05, 0) is 122 Å². The van der Waals surface area contributed by atoms with Crippen molar-refractivity contribution < 1.29 is 37.3 Å². The summed E-state index contributed by atoms with van der Waals surface area (Å²) in [6.07, 6.45) is 81.9. The monoisotopic (exact) mass is 1130 g/mol. The number of phosphoric acid groups is 1. The van der Waals surface area contributed by atoms with Crippen molar-refractivity contribution in [1.29, 1.82) is 0 Å². The zero-order valence-corrected chi connectivity index (χ0v) is 53.2. The topological polar surface area (TPSA) is 111 Å². The fourth-order valence-corrected chi connectivity index (χ4v) is 9.39. The normalized spacial score (nSPS) is 14.4. The molecule has 0 saturated carbocycles. The average molecular weight is 1130 g/mol. The third-order valence-electron chi connectivity index (χ3n) is 13.6. The summed E-state index contributed by atoms with van der Waals surface area (Å²) in [7, 11) is 1.45. The number of ether oxygens (including phenoxy) is 1. The summed E-state index contributed by atoms with van der Waals surface area (Å²) in [5.41, 5.74) is 0. The van der Waals surface area contributed by atoms with Gasteiger partial charge < -0.3 is 19.4 Å². The molecule has 0 aromatic heterocycles. The molecule has 2 N–H and O–H groups in total. The highest BCUT2D eigenvalue weighted by Crippen LogP contribution is 2.43. The fraction of sp³-hybridized carbons (Fsp3) is 0.686. The Bertz CT molecular complexity index is 1780. The molecule has 0 saturated heterocycles. The van der Waals surface area contributed by atoms with E-state index in [1.54, 1.807) is 0 Å². The van der Waals surface area contributed by atoms with E-state index >= 15 is 0 Å². The average Bonchev–Trinajstić information content (AvgIpc) is 3.42. The van der Waals surface area contributed by atoms with Gasteiger partial charge in [0.1, 0.15) is 19.3 Å². The molecule has 458 valence electrons. The minimum absolute atomic E-state index is 0.0262. The highest BCUT2D eigenvalue weighted by Gasteiger charge is 2.30. The summed E-state index contributed by atoms with van der Waals surface area (Å²) >= 11 is 0. The van der Waals surface area contributed by atoms with Crippen LogP contribution in [-0.4, -0.2) is 74.3 Å². The number of rotatable bonds is 57. The number of hydrogen-bond acceptors (Lipinski definition) is 6. The Morgan fingerprint density at radius 3 is 1.23 bits per heavy atom. The summed E-state index contributed by atoms with van der Waals surface area (Å²) in [4.78, 5) is 37.8. The van der Waals surface area contributed by atoms with Crippen molar-refractivity contribution in [3.05, 3.63) is 122 Å². The van der Waals surface area contributed by atoms with E-state index in [0.717, 1.165) is 141 Å². The van der Waals surface area contributed by atoms with Crippen LogP contribution in [0.15, 0.2) is 122 Å². The number of nitrogens with one attached hydrogen (secondary N) is 1. The predicted molar refractivity (Wildman–Crippen MR) is 346 cm³/mol.